The minimum absolute atomic E-state index is 0.344. The highest BCUT2D eigenvalue weighted by molar-refractivity contribution is 5.39. The van der Waals surface area contributed by atoms with Crippen LogP contribution in [-0.4, -0.2) is 36.1 Å². The third-order valence-corrected chi connectivity index (χ3v) is 2.94. The van der Waals surface area contributed by atoms with Gasteiger partial charge in [-0.25, -0.2) is 0 Å². The van der Waals surface area contributed by atoms with E-state index in [1.54, 1.807) is 13.3 Å². The fourth-order valence-electron chi connectivity index (χ4n) is 1.96. The van der Waals surface area contributed by atoms with Crippen LogP contribution < -0.4 is 14.8 Å². The summed E-state index contributed by atoms with van der Waals surface area (Å²) in [5.74, 6) is 1.54. The van der Waals surface area contributed by atoms with Crippen LogP contribution >= 0.6 is 0 Å². The van der Waals surface area contributed by atoms with Gasteiger partial charge in [0, 0.05) is 25.0 Å². The SMILES string of the molecule is COc1ccccc1OCCN[C@H](C)Cn1cccn1. The Morgan fingerprint density at radius 2 is 2.05 bits per heavy atom. The van der Waals surface area contributed by atoms with Crippen molar-refractivity contribution in [2.24, 2.45) is 0 Å². The van der Waals surface area contributed by atoms with E-state index in [1.165, 1.54) is 0 Å². The molecule has 1 atom stereocenters. The minimum Gasteiger partial charge on any atom is -0.493 e. The average Bonchev–Trinajstić information content (AvgIpc) is 2.97. The molecule has 0 unspecified atom stereocenters. The van der Waals surface area contributed by atoms with Gasteiger partial charge >= 0.3 is 0 Å². The molecule has 0 saturated carbocycles. The summed E-state index contributed by atoms with van der Waals surface area (Å²) in [6.45, 7) is 4.36. The van der Waals surface area contributed by atoms with Gasteiger partial charge in [0.25, 0.3) is 0 Å². The summed E-state index contributed by atoms with van der Waals surface area (Å²) < 4.78 is 12.9. The molecular formula is C15H21N3O2. The quantitative estimate of drug-likeness (QED) is 0.748. The Morgan fingerprint density at radius 1 is 1.25 bits per heavy atom. The normalized spacial score (nSPS) is 12.1. The third kappa shape index (κ3) is 4.28. The zero-order valence-corrected chi connectivity index (χ0v) is 12.0. The number of benzene rings is 1. The zero-order chi connectivity index (χ0) is 14.2. The van der Waals surface area contributed by atoms with E-state index in [4.69, 9.17) is 9.47 Å². The van der Waals surface area contributed by atoms with Gasteiger partial charge in [0.15, 0.2) is 11.5 Å². The second-order valence-corrected chi connectivity index (χ2v) is 4.58. The smallest absolute Gasteiger partial charge is 0.161 e. The van der Waals surface area contributed by atoms with Crippen LogP contribution in [0.25, 0.3) is 0 Å². The Kier molecular flexibility index (Phi) is 5.43. The summed E-state index contributed by atoms with van der Waals surface area (Å²) in [6, 6.07) is 9.94. The number of nitrogens with zero attached hydrogens (tertiary/aromatic N) is 2. The van der Waals surface area contributed by atoms with Crippen LogP contribution in [0.3, 0.4) is 0 Å². The largest absolute Gasteiger partial charge is 0.493 e. The summed E-state index contributed by atoms with van der Waals surface area (Å²) in [7, 11) is 1.65. The Labute approximate surface area is 119 Å². The van der Waals surface area contributed by atoms with Crippen molar-refractivity contribution in [2.75, 3.05) is 20.3 Å². The van der Waals surface area contributed by atoms with Crippen LogP contribution in [0.1, 0.15) is 6.92 Å². The molecule has 1 aromatic carbocycles. The second kappa shape index (κ2) is 7.55. The standard InChI is InChI=1S/C15H21N3O2/c1-13(12-18-10-5-8-17-18)16-9-11-20-15-7-4-3-6-14(15)19-2/h3-8,10,13,16H,9,11-12H2,1-2H3/t13-/m1/s1. The molecule has 0 fully saturated rings. The first-order valence-corrected chi connectivity index (χ1v) is 6.76. The van der Waals surface area contributed by atoms with E-state index in [0.717, 1.165) is 24.6 Å². The molecule has 0 amide bonds. The van der Waals surface area contributed by atoms with Crippen LogP contribution in [0.5, 0.6) is 11.5 Å². The van der Waals surface area contributed by atoms with Gasteiger partial charge in [-0.05, 0) is 25.1 Å². The molecule has 2 aromatic rings. The number of ether oxygens (including phenoxy) is 2. The predicted octanol–water partition coefficient (Wildman–Crippen LogP) is 1.95. The fourth-order valence-corrected chi connectivity index (χ4v) is 1.96. The van der Waals surface area contributed by atoms with E-state index in [2.05, 4.69) is 17.3 Å². The first-order chi connectivity index (χ1) is 9.79. The molecule has 0 aliphatic heterocycles. The summed E-state index contributed by atoms with van der Waals surface area (Å²) >= 11 is 0. The molecule has 2 rings (SSSR count). The average molecular weight is 275 g/mol. The Hall–Kier alpha value is -2.01. The van der Waals surface area contributed by atoms with E-state index in [1.807, 2.05) is 41.2 Å². The molecule has 1 aromatic heterocycles. The first kappa shape index (κ1) is 14.4. The fraction of sp³-hybridized carbons (Fsp3) is 0.400. The molecule has 20 heavy (non-hydrogen) atoms. The number of hydrogen-bond donors (Lipinski definition) is 1. The number of aromatic nitrogens is 2. The summed E-state index contributed by atoms with van der Waals surface area (Å²) in [5.41, 5.74) is 0. The highest BCUT2D eigenvalue weighted by atomic mass is 16.5. The van der Waals surface area contributed by atoms with E-state index < -0.39 is 0 Å². The van der Waals surface area contributed by atoms with Gasteiger partial charge < -0.3 is 14.8 Å². The number of para-hydroxylation sites is 2. The van der Waals surface area contributed by atoms with Crippen LogP contribution in [0.2, 0.25) is 0 Å². The van der Waals surface area contributed by atoms with Gasteiger partial charge in [0.1, 0.15) is 6.61 Å². The maximum atomic E-state index is 5.70. The molecule has 0 saturated heterocycles. The van der Waals surface area contributed by atoms with Crippen molar-refractivity contribution in [3.63, 3.8) is 0 Å². The van der Waals surface area contributed by atoms with Crippen molar-refractivity contribution >= 4 is 0 Å². The predicted molar refractivity (Wildman–Crippen MR) is 78.2 cm³/mol. The van der Waals surface area contributed by atoms with Gasteiger partial charge in [0.2, 0.25) is 0 Å². The molecule has 108 valence electrons. The van der Waals surface area contributed by atoms with Crippen LogP contribution in [-0.2, 0) is 6.54 Å². The molecule has 1 N–H and O–H groups in total. The zero-order valence-electron chi connectivity index (χ0n) is 12.0. The summed E-state index contributed by atoms with van der Waals surface area (Å²) in [5, 5.41) is 7.59. The van der Waals surface area contributed by atoms with Gasteiger partial charge in [-0.1, -0.05) is 12.1 Å². The van der Waals surface area contributed by atoms with Crippen molar-refractivity contribution in [3.8, 4) is 11.5 Å². The Bertz CT molecular complexity index is 500. The lowest BCUT2D eigenvalue weighted by molar-refractivity contribution is 0.284. The van der Waals surface area contributed by atoms with Crippen molar-refractivity contribution in [1.82, 2.24) is 15.1 Å². The first-order valence-electron chi connectivity index (χ1n) is 6.76. The van der Waals surface area contributed by atoms with Gasteiger partial charge in [-0.3, -0.25) is 4.68 Å². The number of nitrogens with one attached hydrogen (secondary N) is 1. The van der Waals surface area contributed by atoms with Crippen molar-refractivity contribution < 1.29 is 9.47 Å². The van der Waals surface area contributed by atoms with Crippen LogP contribution in [0, 0.1) is 0 Å². The molecule has 0 aliphatic carbocycles. The van der Waals surface area contributed by atoms with E-state index in [0.29, 0.717) is 12.6 Å². The number of methoxy groups -OCH3 is 1. The molecule has 0 radical (unpaired) electrons. The lowest BCUT2D eigenvalue weighted by Crippen LogP contribution is -2.33. The monoisotopic (exact) mass is 275 g/mol. The molecular weight excluding hydrogens is 254 g/mol. The lowest BCUT2D eigenvalue weighted by Gasteiger charge is -2.15. The number of rotatable bonds is 8. The van der Waals surface area contributed by atoms with Crippen molar-refractivity contribution in [1.29, 1.82) is 0 Å². The summed E-state index contributed by atoms with van der Waals surface area (Å²) in [6.07, 6.45) is 3.75. The molecule has 0 bridgehead atoms. The van der Waals surface area contributed by atoms with Crippen LogP contribution in [0.15, 0.2) is 42.7 Å². The van der Waals surface area contributed by atoms with E-state index in [9.17, 15) is 0 Å². The van der Waals surface area contributed by atoms with E-state index >= 15 is 0 Å². The topological polar surface area (TPSA) is 48.3 Å². The highest BCUT2D eigenvalue weighted by Gasteiger charge is 2.04. The molecule has 0 spiro atoms. The number of hydrogen-bond acceptors (Lipinski definition) is 4. The lowest BCUT2D eigenvalue weighted by atomic mass is 10.3. The molecule has 1 heterocycles. The van der Waals surface area contributed by atoms with Crippen LogP contribution in [0.4, 0.5) is 0 Å². The minimum atomic E-state index is 0.344. The van der Waals surface area contributed by atoms with E-state index in [-0.39, 0.29) is 0 Å². The molecule has 5 heteroatoms. The highest BCUT2D eigenvalue weighted by Crippen LogP contribution is 2.25. The Morgan fingerprint density at radius 3 is 2.75 bits per heavy atom. The summed E-state index contributed by atoms with van der Waals surface area (Å²) in [4.78, 5) is 0. The van der Waals surface area contributed by atoms with Crippen molar-refractivity contribution in [2.45, 2.75) is 19.5 Å². The maximum Gasteiger partial charge on any atom is 0.161 e. The molecule has 5 nitrogen and oxygen atoms in total. The second-order valence-electron chi connectivity index (χ2n) is 4.58. The van der Waals surface area contributed by atoms with Gasteiger partial charge in [-0.15, -0.1) is 0 Å². The van der Waals surface area contributed by atoms with Gasteiger partial charge in [-0.2, -0.15) is 5.10 Å². The Balaban J connectivity index is 1.68. The third-order valence-electron chi connectivity index (χ3n) is 2.94. The van der Waals surface area contributed by atoms with Crippen molar-refractivity contribution in [3.05, 3.63) is 42.7 Å². The van der Waals surface area contributed by atoms with Gasteiger partial charge in [0.05, 0.1) is 13.7 Å². The maximum absolute atomic E-state index is 5.70. The molecule has 0 aliphatic rings.